The Balaban J connectivity index is 2.21. The van der Waals surface area contributed by atoms with Crippen molar-refractivity contribution < 1.29 is 9.90 Å². The summed E-state index contributed by atoms with van der Waals surface area (Å²) in [6, 6.07) is -0.396. The second-order valence-electron chi connectivity index (χ2n) is 3.13. The fraction of sp³-hybridized carbons (Fsp3) is 0.500. The molecule has 1 aromatic rings. The average molecular weight is 166 g/mol. The van der Waals surface area contributed by atoms with E-state index in [1.54, 1.807) is 23.3 Å². The zero-order valence-corrected chi connectivity index (χ0v) is 6.55. The van der Waals surface area contributed by atoms with E-state index in [0.717, 1.165) is 12.8 Å². The maximum absolute atomic E-state index is 10.8. The van der Waals surface area contributed by atoms with Crippen LogP contribution in [0.25, 0.3) is 0 Å². The van der Waals surface area contributed by atoms with E-state index < -0.39 is 12.0 Å². The van der Waals surface area contributed by atoms with E-state index in [1.807, 2.05) is 0 Å². The van der Waals surface area contributed by atoms with E-state index in [2.05, 4.69) is 4.98 Å². The Morgan fingerprint density at radius 1 is 1.67 bits per heavy atom. The molecule has 64 valence electrons. The molecular formula is C8H10N2O2. The first-order valence-corrected chi connectivity index (χ1v) is 3.99. The first-order valence-electron chi connectivity index (χ1n) is 3.99. The number of carboxylic acids is 1. The molecule has 1 saturated carbocycles. The van der Waals surface area contributed by atoms with E-state index in [-0.39, 0.29) is 0 Å². The van der Waals surface area contributed by atoms with Crippen molar-refractivity contribution in [3.8, 4) is 0 Å². The number of aliphatic carboxylic acids is 1. The minimum Gasteiger partial charge on any atom is -0.480 e. The molecule has 1 atom stereocenters. The molecule has 1 aliphatic rings. The Hall–Kier alpha value is -1.32. The van der Waals surface area contributed by atoms with Crippen molar-refractivity contribution in [2.24, 2.45) is 5.92 Å². The predicted molar refractivity (Wildman–Crippen MR) is 41.6 cm³/mol. The SMILES string of the molecule is O=C(O)C(C1CC1)n1ccnc1. The van der Waals surface area contributed by atoms with Gasteiger partial charge in [-0.25, -0.2) is 9.78 Å². The van der Waals surface area contributed by atoms with Crippen molar-refractivity contribution in [2.45, 2.75) is 18.9 Å². The smallest absolute Gasteiger partial charge is 0.327 e. The summed E-state index contributed by atoms with van der Waals surface area (Å²) in [5, 5.41) is 8.91. The summed E-state index contributed by atoms with van der Waals surface area (Å²) in [6.45, 7) is 0. The first-order chi connectivity index (χ1) is 5.79. The summed E-state index contributed by atoms with van der Waals surface area (Å²) in [6.07, 6.45) is 6.93. The van der Waals surface area contributed by atoms with Crippen LogP contribution in [0.3, 0.4) is 0 Å². The molecule has 1 fully saturated rings. The van der Waals surface area contributed by atoms with E-state index >= 15 is 0 Å². The Morgan fingerprint density at radius 2 is 2.42 bits per heavy atom. The van der Waals surface area contributed by atoms with Gasteiger partial charge in [-0.15, -0.1) is 0 Å². The van der Waals surface area contributed by atoms with Crippen LogP contribution in [0, 0.1) is 5.92 Å². The highest BCUT2D eigenvalue weighted by Gasteiger charge is 2.37. The molecule has 0 spiro atoms. The number of rotatable bonds is 3. The molecule has 4 heteroatoms. The van der Waals surface area contributed by atoms with Gasteiger partial charge in [0.1, 0.15) is 6.04 Å². The van der Waals surface area contributed by atoms with Crippen LogP contribution in [0.1, 0.15) is 18.9 Å². The monoisotopic (exact) mass is 166 g/mol. The maximum Gasteiger partial charge on any atom is 0.327 e. The molecule has 4 nitrogen and oxygen atoms in total. The first kappa shape index (κ1) is 7.34. The van der Waals surface area contributed by atoms with E-state index in [9.17, 15) is 4.79 Å². The largest absolute Gasteiger partial charge is 0.480 e. The lowest BCUT2D eigenvalue weighted by atomic mass is 10.2. The third-order valence-corrected chi connectivity index (χ3v) is 2.17. The number of carbonyl (C=O) groups is 1. The Morgan fingerprint density at radius 3 is 2.83 bits per heavy atom. The van der Waals surface area contributed by atoms with Crippen molar-refractivity contribution in [2.75, 3.05) is 0 Å². The fourth-order valence-electron chi connectivity index (χ4n) is 1.42. The highest BCUT2D eigenvalue weighted by molar-refractivity contribution is 5.72. The Labute approximate surface area is 69.8 Å². The maximum atomic E-state index is 10.8. The summed E-state index contributed by atoms with van der Waals surface area (Å²) in [4.78, 5) is 14.7. The molecular weight excluding hydrogens is 156 g/mol. The lowest BCUT2D eigenvalue weighted by molar-refractivity contribution is -0.141. The highest BCUT2D eigenvalue weighted by Crippen LogP contribution is 2.39. The predicted octanol–water partition coefficient (Wildman–Crippen LogP) is 0.919. The number of aromatic nitrogens is 2. The molecule has 1 unspecified atom stereocenters. The van der Waals surface area contributed by atoms with Gasteiger partial charge >= 0.3 is 5.97 Å². The summed E-state index contributed by atoms with van der Waals surface area (Å²) in [5.41, 5.74) is 0. The second kappa shape index (κ2) is 2.62. The molecule has 12 heavy (non-hydrogen) atoms. The van der Waals surface area contributed by atoms with Crippen molar-refractivity contribution in [3.63, 3.8) is 0 Å². The van der Waals surface area contributed by atoms with Crippen LogP contribution in [0.4, 0.5) is 0 Å². The van der Waals surface area contributed by atoms with Gasteiger partial charge in [-0.2, -0.15) is 0 Å². The molecule has 1 aromatic heterocycles. The van der Waals surface area contributed by atoms with Gasteiger partial charge in [0.15, 0.2) is 0 Å². The highest BCUT2D eigenvalue weighted by atomic mass is 16.4. The normalized spacial score (nSPS) is 19.0. The zero-order chi connectivity index (χ0) is 8.55. The summed E-state index contributed by atoms with van der Waals surface area (Å²) in [5.74, 6) is -0.438. The molecule has 0 radical (unpaired) electrons. The number of nitrogens with zero attached hydrogens (tertiary/aromatic N) is 2. The molecule has 0 aromatic carbocycles. The minimum atomic E-state index is -0.754. The molecule has 1 aliphatic carbocycles. The lowest BCUT2D eigenvalue weighted by Gasteiger charge is -2.11. The minimum absolute atomic E-state index is 0.316. The van der Waals surface area contributed by atoms with E-state index in [0.29, 0.717) is 5.92 Å². The molecule has 2 rings (SSSR count). The molecule has 1 N–H and O–H groups in total. The summed E-state index contributed by atoms with van der Waals surface area (Å²) in [7, 11) is 0. The Bertz CT molecular complexity index is 277. The van der Waals surface area contributed by atoms with Crippen molar-refractivity contribution in [1.82, 2.24) is 9.55 Å². The molecule has 0 saturated heterocycles. The third kappa shape index (κ3) is 1.20. The van der Waals surface area contributed by atoms with Gasteiger partial charge < -0.3 is 9.67 Å². The van der Waals surface area contributed by atoms with Gasteiger partial charge in [-0.1, -0.05) is 0 Å². The van der Waals surface area contributed by atoms with Gasteiger partial charge in [0.2, 0.25) is 0 Å². The van der Waals surface area contributed by atoms with Gasteiger partial charge in [0.25, 0.3) is 0 Å². The third-order valence-electron chi connectivity index (χ3n) is 2.17. The van der Waals surface area contributed by atoms with Crippen molar-refractivity contribution in [1.29, 1.82) is 0 Å². The van der Waals surface area contributed by atoms with Crippen LogP contribution in [0.2, 0.25) is 0 Å². The van der Waals surface area contributed by atoms with Gasteiger partial charge in [-0.3, -0.25) is 0 Å². The van der Waals surface area contributed by atoms with Crippen LogP contribution in [0.15, 0.2) is 18.7 Å². The van der Waals surface area contributed by atoms with Crippen LogP contribution in [-0.4, -0.2) is 20.6 Å². The summed E-state index contributed by atoms with van der Waals surface area (Å²) >= 11 is 0. The van der Waals surface area contributed by atoms with Gasteiger partial charge in [0.05, 0.1) is 6.33 Å². The molecule has 1 heterocycles. The van der Waals surface area contributed by atoms with E-state index in [4.69, 9.17) is 5.11 Å². The van der Waals surface area contributed by atoms with Crippen LogP contribution < -0.4 is 0 Å². The number of imidazole rings is 1. The molecule has 0 bridgehead atoms. The Kier molecular flexibility index (Phi) is 1.60. The summed E-state index contributed by atoms with van der Waals surface area (Å²) < 4.78 is 1.67. The molecule has 0 aliphatic heterocycles. The average Bonchev–Trinajstić information content (AvgIpc) is 2.65. The standard InChI is InChI=1S/C8H10N2O2/c11-8(12)7(6-1-2-6)10-4-3-9-5-10/h3-7H,1-2H2,(H,11,12). The second-order valence-corrected chi connectivity index (χ2v) is 3.13. The van der Waals surface area contributed by atoms with Crippen LogP contribution in [0.5, 0.6) is 0 Å². The topological polar surface area (TPSA) is 55.1 Å². The number of hydrogen-bond donors (Lipinski definition) is 1. The number of hydrogen-bond acceptors (Lipinski definition) is 2. The lowest BCUT2D eigenvalue weighted by Crippen LogP contribution is -2.19. The van der Waals surface area contributed by atoms with E-state index in [1.165, 1.54) is 0 Å². The van der Waals surface area contributed by atoms with Crippen LogP contribution in [-0.2, 0) is 4.79 Å². The quantitative estimate of drug-likeness (QED) is 0.726. The van der Waals surface area contributed by atoms with Crippen molar-refractivity contribution >= 4 is 5.97 Å². The van der Waals surface area contributed by atoms with Crippen molar-refractivity contribution in [3.05, 3.63) is 18.7 Å². The fourth-order valence-corrected chi connectivity index (χ4v) is 1.42. The molecule has 0 amide bonds. The van der Waals surface area contributed by atoms with Crippen LogP contribution >= 0.6 is 0 Å². The van der Waals surface area contributed by atoms with Gasteiger partial charge in [0, 0.05) is 12.4 Å². The van der Waals surface area contributed by atoms with Gasteiger partial charge in [-0.05, 0) is 18.8 Å². The number of carboxylic acid groups (broad SMARTS) is 1. The zero-order valence-electron chi connectivity index (χ0n) is 6.55.